The van der Waals surface area contributed by atoms with Crippen LogP contribution in [0.2, 0.25) is 10.0 Å². The maximum Gasteiger partial charge on any atom is 0.309 e. The van der Waals surface area contributed by atoms with Crippen LogP contribution in [0.25, 0.3) is 0 Å². The van der Waals surface area contributed by atoms with Crippen LogP contribution in [-0.2, 0) is 17.9 Å². The van der Waals surface area contributed by atoms with E-state index in [0.717, 1.165) is 5.56 Å². The second-order valence-corrected chi connectivity index (χ2v) is 7.86. The molecule has 3 rings (SSSR count). The zero-order valence-electron chi connectivity index (χ0n) is 15.1. The van der Waals surface area contributed by atoms with Gasteiger partial charge in [-0.25, -0.2) is 0 Å². The zero-order chi connectivity index (χ0) is 21.1. The van der Waals surface area contributed by atoms with Gasteiger partial charge in [0.25, 0.3) is 0 Å². The van der Waals surface area contributed by atoms with Crippen molar-refractivity contribution in [2.45, 2.75) is 26.4 Å². The molecule has 12 heteroatoms. The number of hydrogen-bond acceptors (Lipinski definition) is 5. The van der Waals surface area contributed by atoms with Crippen molar-refractivity contribution in [3.8, 4) is 0 Å². The van der Waals surface area contributed by atoms with Gasteiger partial charge in [-0.05, 0) is 40.5 Å². The van der Waals surface area contributed by atoms with Crippen LogP contribution in [0.1, 0.15) is 17.7 Å². The number of halogens is 3. The molecule has 3 aromatic rings. The molecule has 1 amide bonds. The van der Waals surface area contributed by atoms with Crippen molar-refractivity contribution >= 4 is 56.5 Å². The summed E-state index contributed by atoms with van der Waals surface area (Å²) in [6.07, 6.45) is 3.13. The highest BCUT2D eigenvalue weighted by atomic mass is 79.9. The predicted octanol–water partition coefficient (Wildman–Crippen LogP) is 4.44. The highest BCUT2D eigenvalue weighted by Crippen LogP contribution is 2.25. The van der Waals surface area contributed by atoms with Crippen LogP contribution in [0.5, 0.6) is 0 Å². The highest BCUT2D eigenvalue weighted by molar-refractivity contribution is 9.10. The number of anilines is 1. The smallest absolute Gasteiger partial charge is 0.308 e. The van der Waals surface area contributed by atoms with E-state index in [1.54, 1.807) is 29.9 Å². The molecule has 0 saturated heterocycles. The molecule has 0 atom stereocenters. The molecule has 0 saturated carbocycles. The van der Waals surface area contributed by atoms with Gasteiger partial charge in [0.2, 0.25) is 5.91 Å². The molecule has 2 heterocycles. The van der Waals surface area contributed by atoms with E-state index in [9.17, 15) is 14.9 Å². The van der Waals surface area contributed by atoms with Gasteiger partial charge in [0.05, 0.1) is 26.0 Å². The lowest BCUT2D eigenvalue weighted by Gasteiger charge is -2.04. The van der Waals surface area contributed by atoms with Crippen LogP contribution < -0.4 is 5.32 Å². The highest BCUT2D eigenvalue weighted by Gasteiger charge is 2.16. The molecule has 0 aliphatic rings. The van der Waals surface area contributed by atoms with Crippen LogP contribution in [0.4, 0.5) is 11.5 Å². The number of aromatic nitrogens is 4. The van der Waals surface area contributed by atoms with Gasteiger partial charge in [-0.1, -0.05) is 29.3 Å². The van der Waals surface area contributed by atoms with Crippen molar-refractivity contribution in [1.82, 2.24) is 19.6 Å². The first-order chi connectivity index (χ1) is 13.7. The van der Waals surface area contributed by atoms with Crippen molar-refractivity contribution < 1.29 is 9.72 Å². The van der Waals surface area contributed by atoms with E-state index >= 15 is 0 Å². The zero-order valence-corrected chi connectivity index (χ0v) is 18.2. The third-order valence-corrected chi connectivity index (χ3v) is 5.31. The van der Waals surface area contributed by atoms with Gasteiger partial charge < -0.3 is 5.32 Å². The number of carbonyl (C=O) groups excluding carboxylic acids is 1. The summed E-state index contributed by atoms with van der Waals surface area (Å²) in [4.78, 5) is 22.6. The maximum atomic E-state index is 12.2. The van der Waals surface area contributed by atoms with Crippen molar-refractivity contribution in [1.29, 1.82) is 0 Å². The van der Waals surface area contributed by atoms with Crippen LogP contribution in [0.15, 0.2) is 35.1 Å². The maximum absolute atomic E-state index is 12.2. The van der Waals surface area contributed by atoms with Gasteiger partial charge in [0, 0.05) is 19.2 Å². The largest absolute Gasteiger partial charge is 0.309 e. The number of nitrogens with one attached hydrogen (secondary N) is 1. The summed E-state index contributed by atoms with van der Waals surface area (Å²) < 4.78 is 3.65. The molecule has 0 fully saturated rings. The lowest BCUT2D eigenvalue weighted by Crippen LogP contribution is -2.15. The molecule has 2 aromatic heterocycles. The van der Waals surface area contributed by atoms with Crippen molar-refractivity contribution in [3.63, 3.8) is 0 Å². The first kappa shape index (κ1) is 21.3. The number of amides is 1. The fourth-order valence-electron chi connectivity index (χ4n) is 2.60. The molecule has 0 bridgehead atoms. The average molecular weight is 502 g/mol. The number of hydrogen-bond donors (Lipinski definition) is 1. The first-order valence-electron chi connectivity index (χ1n) is 8.38. The van der Waals surface area contributed by atoms with Crippen molar-refractivity contribution in [3.05, 3.63) is 66.5 Å². The van der Waals surface area contributed by atoms with Crippen molar-refractivity contribution in [2.75, 3.05) is 5.32 Å². The molecule has 0 unspecified atom stereocenters. The fourth-order valence-corrected chi connectivity index (χ4v) is 3.34. The molecule has 0 aliphatic carbocycles. The van der Waals surface area contributed by atoms with Gasteiger partial charge in [-0.15, -0.1) is 0 Å². The first-order valence-corrected chi connectivity index (χ1v) is 9.93. The minimum atomic E-state index is -0.503. The molecule has 0 radical (unpaired) electrons. The number of rotatable bonds is 7. The Kier molecular flexibility index (Phi) is 6.56. The standard InChI is InChI=1S/C17H15BrCl2N6O3/c1-10-15(26(28)29)9-24(22-10)5-4-16(27)21-17-12(18)8-25(23-17)7-11-2-3-13(19)14(20)6-11/h2-3,6,8-9H,4-5,7H2,1H3,(H,21,23,27). The van der Waals surface area contributed by atoms with E-state index in [2.05, 4.69) is 31.4 Å². The summed E-state index contributed by atoms with van der Waals surface area (Å²) in [6, 6.07) is 5.30. The molecule has 152 valence electrons. The molecule has 1 aromatic carbocycles. The van der Waals surface area contributed by atoms with E-state index in [1.807, 2.05) is 6.07 Å². The number of benzene rings is 1. The molecular formula is C17H15BrCl2N6O3. The van der Waals surface area contributed by atoms with Gasteiger partial charge >= 0.3 is 5.69 Å². The summed E-state index contributed by atoms with van der Waals surface area (Å²) in [5.74, 6) is 0.0824. The summed E-state index contributed by atoms with van der Waals surface area (Å²) in [5, 5.41) is 22.9. The summed E-state index contributed by atoms with van der Waals surface area (Å²) in [7, 11) is 0. The number of carbonyl (C=O) groups is 1. The third-order valence-electron chi connectivity index (χ3n) is 3.99. The second-order valence-electron chi connectivity index (χ2n) is 6.19. The lowest BCUT2D eigenvalue weighted by atomic mass is 10.2. The Labute approximate surface area is 183 Å². The third kappa shape index (κ3) is 5.34. The topological polar surface area (TPSA) is 108 Å². The molecular weight excluding hydrogens is 487 g/mol. The Morgan fingerprint density at radius 1 is 1.24 bits per heavy atom. The van der Waals surface area contributed by atoms with Crippen LogP contribution >= 0.6 is 39.1 Å². The van der Waals surface area contributed by atoms with Crippen LogP contribution in [0.3, 0.4) is 0 Å². The van der Waals surface area contributed by atoms with Crippen LogP contribution in [-0.4, -0.2) is 30.4 Å². The monoisotopic (exact) mass is 500 g/mol. The molecule has 1 N–H and O–H groups in total. The fraction of sp³-hybridized carbons (Fsp3) is 0.235. The SMILES string of the molecule is Cc1nn(CCC(=O)Nc2nn(Cc3ccc(Cl)c(Cl)c3)cc2Br)cc1[N+](=O)[O-]. The minimum Gasteiger partial charge on any atom is -0.308 e. The predicted molar refractivity (Wildman–Crippen MR) is 112 cm³/mol. The summed E-state index contributed by atoms with van der Waals surface area (Å²) >= 11 is 15.3. The Bertz CT molecular complexity index is 1080. The minimum absolute atomic E-state index is 0.0748. The Morgan fingerprint density at radius 3 is 2.66 bits per heavy atom. The molecule has 29 heavy (non-hydrogen) atoms. The number of nitro groups is 1. The Balaban J connectivity index is 1.60. The van der Waals surface area contributed by atoms with Gasteiger partial charge in [-0.3, -0.25) is 24.3 Å². The summed E-state index contributed by atoms with van der Waals surface area (Å²) in [6.45, 7) is 2.20. The number of nitrogens with zero attached hydrogens (tertiary/aromatic N) is 5. The van der Waals surface area contributed by atoms with Gasteiger partial charge in [0.15, 0.2) is 5.82 Å². The van der Waals surface area contributed by atoms with Crippen molar-refractivity contribution in [2.24, 2.45) is 0 Å². The Hall–Kier alpha value is -2.43. The quantitative estimate of drug-likeness (QED) is 0.380. The van der Waals surface area contributed by atoms with E-state index in [1.165, 1.54) is 10.9 Å². The molecule has 9 nitrogen and oxygen atoms in total. The number of aryl methyl sites for hydroxylation is 2. The normalized spacial score (nSPS) is 10.9. The molecule has 0 aliphatic heterocycles. The van der Waals surface area contributed by atoms with E-state index < -0.39 is 4.92 Å². The van der Waals surface area contributed by atoms with E-state index in [-0.39, 0.29) is 24.6 Å². The van der Waals surface area contributed by atoms with E-state index in [4.69, 9.17) is 23.2 Å². The molecule has 0 spiro atoms. The Morgan fingerprint density at radius 2 is 2.00 bits per heavy atom. The van der Waals surface area contributed by atoms with Crippen LogP contribution in [0, 0.1) is 17.0 Å². The second kappa shape index (κ2) is 8.93. The summed E-state index contributed by atoms with van der Waals surface area (Å²) in [5.41, 5.74) is 1.14. The average Bonchev–Trinajstić information content (AvgIpc) is 3.19. The lowest BCUT2D eigenvalue weighted by molar-refractivity contribution is -0.385. The van der Waals surface area contributed by atoms with Gasteiger partial charge in [0.1, 0.15) is 11.9 Å². The van der Waals surface area contributed by atoms with Gasteiger partial charge in [-0.2, -0.15) is 10.2 Å². The van der Waals surface area contributed by atoms with E-state index in [0.29, 0.717) is 32.6 Å².